The molecule has 1 aromatic carbocycles. The number of carbonyl (C=O) groups excluding carboxylic acids is 1. The Morgan fingerprint density at radius 3 is 2.37 bits per heavy atom. The third kappa shape index (κ3) is 4.11. The molecule has 4 heterocycles. The van der Waals surface area contributed by atoms with Gasteiger partial charge in [0.25, 0.3) is 5.92 Å². The fourth-order valence-corrected chi connectivity index (χ4v) is 7.78. The highest BCUT2D eigenvalue weighted by Crippen LogP contribution is 2.71. The molecule has 6 rings (SSSR count). The number of hydrogen-bond acceptors (Lipinski definition) is 6. The largest absolute Gasteiger partial charge is 0.401 e. The van der Waals surface area contributed by atoms with Gasteiger partial charge in [-0.2, -0.15) is 18.3 Å². The topological polar surface area (TPSA) is 96.7 Å². The predicted octanol–water partition coefficient (Wildman–Crippen LogP) is 4.79. The number of nitrogens with zero attached hydrogens (tertiary/aromatic N) is 4. The number of aromatic nitrogens is 3. The standard InChI is InChI=1S/C26H25ClF5N5O3S/c1-23(26(30,31)32)13-36(17-12-33-19-11-18(27)35-37(19)21(17)23)16-5-3-14(4-6-16)20-24(2,25(20,28)29)22(38)34-15-7-9-41(39,40)10-8-15/h3-6,11-12,15,20H,7-10,13H2,1-2H3,(H,34,38)/t20-,23-,24+/m1/s1. The molecule has 2 aliphatic heterocycles. The molecule has 1 aliphatic carbocycles. The van der Waals surface area contributed by atoms with Crippen molar-refractivity contribution in [2.24, 2.45) is 5.41 Å². The molecule has 3 atom stereocenters. The fourth-order valence-electron chi connectivity index (χ4n) is 6.11. The van der Waals surface area contributed by atoms with E-state index in [1.165, 1.54) is 41.4 Å². The molecule has 220 valence electrons. The van der Waals surface area contributed by atoms with Crippen molar-refractivity contribution in [1.82, 2.24) is 19.9 Å². The van der Waals surface area contributed by atoms with E-state index in [1.54, 1.807) is 0 Å². The Morgan fingerprint density at radius 2 is 1.76 bits per heavy atom. The lowest BCUT2D eigenvalue weighted by Gasteiger charge is -2.28. The lowest BCUT2D eigenvalue weighted by atomic mass is 9.87. The minimum absolute atomic E-state index is 0.0100. The van der Waals surface area contributed by atoms with Gasteiger partial charge >= 0.3 is 6.18 Å². The highest BCUT2D eigenvalue weighted by atomic mass is 35.5. The second-order valence-electron chi connectivity index (χ2n) is 11.4. The minimum Gasteiger partial charge on any atom is -0.353 e. The molecule has 2 fully saturated rings. The summed E-state index contributed by atoms with van der Waals surface area (Å²) in [5.74, 6) is -5.91. The molecule has 1 saturated heterocycles. The van der Waals surface area contributed by atoms with Gasteiger partial charge in [-0.05, 0) is 44.4 Å². The van der Waals surface area contributed by atoms with Gasteiger partial charge in [0.05, 0.1) is 35.0 Å². The second kappa shape index (κ2) is 8.76. The zero-order chi connectivity index (χ0) is 29.8. The van der Waals surface area contributed by atoms with Crippen LogP contribution in [-0.2, 0) is 20.0 Å². The van der Waals surface area contributed by atoms with Crippen LogP contribution in [0.15, 0.2) is 36.5 Å². The number of alkyl halides is 5. The zero-order valence-corrected chi connectivity index (χ0v) is 23.4. The number of halogens is 6. The summed E-state index contributed by atoms with van der Waals surface area (Å²) >= 11 is 5.95. The van der Waals surface area contributed by atoms with Crippen molar-refractivity contribution >= 4 is 44.4 Å². The third-order valence-corrected chi connectivity index (χ3v) is 10.7. The first-order valence-electron chi connectivity index (χ1n) is 12.9. The molecule has 0 unspecified atom stereocenters. The fraction of sp³-hybridized carbons (Fsp3) is 0.500. The Morgan fingerprint density at radius 1 is 1.12 bits per heavy atom. The highest BCUT2D eigenvalue weighted by Gasteiger charge is 2.82. The summed E-state index contributed by atoms with van der Waals surface area (Å²) in [5, 5.41) is 6.59. The van der Waals surface area contributed by atoms with Crippen LogP contribution in [0.3, 0.4) is 0 Å². The molecule has 15 heteroatoms. The summed E-state index contributed by atoms with van der Waals surface area (Å²) in [7, 11) is -3.18. The van der Waals surface area contributed by atoms with Gasteiger partial charge in [0.15, 0.2) is 10.8 Å². The Bertz CT molecular complexity index is 1660. The number of fused-ring (bicyclic) bond motifs is 3. The van der Waals surface area contributed by atoms with E-state index < -0.39 is 57.2 Å². The average molecular weight is 618 g/mol. The lowest BCUT2D eigenvalue weighted by Crippen LogP contribution is -2.44. The van der Waals surface area contributed by atoms with Crippen LogP contribution in [0, 0.1) is 5.41 Å². The van der Waals surface area contributed by atoms with Crippen LogP contribution >= 0.6 is 11.6 Å². The molecule has 0 radical (unpaired) electrons. The summed E-state index contributed by atoms with van der Waals surface area (Å²) in [4.78, 5) is 18.6. The molecule has 3 aromatic rings. The van der Waals surface area contributed by atoms with E-state index >= 15 is 8.78 Å². The minimum atomic E-state index is -4.66. The van der Waals surface area contributed by atoms with Gasteiger partial charge in [0, 0.05) is 24.3 Å². The molecule has 41 heavy (non-hydrogen) atoms. The Hall–Kier alpha value is -3.00. The Kier molecular flexibility index (Phi) is 6.01. The van der Waals surface area contributed by atoms with Gasteiger partial charge in [0.1, 0.15) is 20.7 Å². The van der Waals surface area contributed by atoms with Crippen molar-refractivity contribution in [3.8, 4) is 0 Å². The Balaban J connectivity index is 1.28. The van der Waals surface area contributed by atoms with Crippen molar-refractivity contribution in [2.75, 3.05) is 23.0 Å². The number of amides is 1. The maximum absolute atomic E-state index is 15.1. The average Bonchev–Trinajstić information content (AvgIpc) is 3.16. The maximum Gasteiger partial charge on any atom is 0.401 e. The number of rotatable bonds is 4. The van der Waals surface area contributed by atoms with Crippen LogP contribution < -0.4 is 10.2 Å². The summed E-state index contributed by atoms with van der Waals surface area (Å²) in [6.45, 7) is 1.73. The van der Waals surface area contributed by atoms with Crippen molar-refractivity contribution < 1.29 is 35.2 Å². The highest BCUT2D eigenvalue weighted by molar-refractivity contribution is 7.91. The first kappa shape index (κ1) is 28.1. The first-order chi connectivity index (χ1) is 19.0. The summed E-state index contributed by atoms with van der Waals surface area (Å²) in [6, 6.07) is 6.51. The quantitative estimate of drug-likeness (QED) is 0.423. The van der Waals surface area contributed by atoms with Gasteiger partial charge < -0.3 is 10.2 Å². The van der Waals surface area contributed by atoms with Crippen molar-refractivity contribution in [1.29, 1.82) is 0 Å². The van der Waals surface area contributed by atoms with Gasteiger partial charge in [-0.1, -0.05) is 23.7 Å². The van der Waals surface area contributed by atoms with Crippen LogP contribution in [0.5, 0.6) is 0 Å². The van der Waals surface area contributed by atoms with Crippen molar-refractivity contribution in [3.05, 3.63) is 52.9 Å². The molecule has 1 saturated carbocycles. The molecule has 1 N–H and O–H groups in total. The smallest absolute Gasteiger partial charge is 0.353 e. The Labute approximate surface area is 236 Å². The SMILES string of the molecule is C[C@@]1(C(F)(F)F)CN(c2ccc([C@H]3C(F)(F)[C@]3(C)C(=O)NC3CCS(=O)(=O)CC3)cc2)c2cnc3cc(Cl)nn3c21. The first-order valence-corrected chi connectivity index (χ1v) is 15.1. The summed E-state index contributed by atoms with van der Waals surface area (Å²) < 4.78 is 97.9. The van der Waals surface area contributed by atoms with E-state index in [1.807, 2.05) is 0 Å². The molecule has 0 spiro atoms. The number of sulfone groups is 1. The number of hydrogen-bond donors (Lipinski definition) is 1. The van der Waals surface area contributed by atoms with E-state index in [2.05, 4.69) is 15.4 Å². The number of carbonyl (C=O) groups is 1. The molecule has 2 aromatic heterocycles. The summed E-state index contributed by atoms with van der Waals surface area (Å²) in [6.07, 6.45) is -3.03. The summed E-state index contributed by atoms with van der Waals surface area (Å²) in [5.41, 5.74) is -3.73. The van der Waals surface area contributed by atoms with Gasteiger partial charge in [0.2, 0.25) is 5.91 Å². The number of nitrogens with one attached hydrogen (secondary N) is 1. The number of anilines is 2. The monoisotopic (exact) mass is 617 g/mol. The van der Waals surface area contributed by atoms with Gasteiger partial charge in [-0.3, -0.25) is 4.79 Å². The van der Waals surface area contributed by atoms with E-state index in [-0.39, 0.29) is 52.1 Å². The van der Waals surface area contributed by atoms with Crippen LogP contribution in [-0.4, -0.2) is 65.1 Å². The molecular formula is C26H25ClF5N5O3S. The predicted molar refractivity (Wildman–Crippen MR) is 140 cm³/mol. The zero-order valence-electron chi connectivity index (χ0n) is 21.8. The van der Waals surface area contributed by atoms with Gasteiger partial charge in [-0.15, -0.1) is 0 Å². The van der Waals surface area contributed by atoms with E-state index in [0.29, 0.717) is 5.69 Å². The lowest BCUT2D eigenvalue weighted by molar-refractivity contribution is -0.181. The molecule has 0 bridgehead atoms. The van der Waals surface area contributed by atoms with E-state index in [9.17, 15) is 26.4 Å². The second-order valence-corrected chi connectivity index (χ2v) is 14.1. The van der Waals surface area contributed by atoms with E-state index in [0.717, 1.165) is 18.4 Å². The van der Waals surface area contributed by atoms with Crippen molar-refractivity contribution in [2.45, 2.75) is 56.2 Å². The molecule has 3 aliphatic rings. The third-order valence-electron chi connectivity index (χ3n) is 8.80. The van der Waals surface area contributed by atoms with Crippen LogP contribution in [0.25, 0.3) is 5.65 Å². The van der Waals surface area contributed by atoms with Crippen LogP contribution in [0.1, 0.15) is 43.9 Å². The normalized spacial score (nSPS) is 29.0. The molecule has 1 amide bonds. The van der Waals surface area contributed by atoms with Crippen molar-refractivity contribution in [3.63, 3.8) is 0 Å². The maximum atomic E-state index is 15.1. The number of benzene rings is 1. The molecule has 8 nitrogen and oxygen atoms in total. The molecular weight excluding hydrogens is 593 g/mol. The van der Waals surface area contributed by atoms with Crippen LogP contribution in [0.4, 0.5) is 33.3 Å². The van der Waals surface area contributed by atoms with E-state index in [4.69, 9.17) is 11.6 Å². The van der Waals surface area contributed by atoms with Gasteiger partial charge in [-0.25, -0.2) is 26.7 Å². The van der Waals surface area contributed by atoms with Crippen LogP contribution in [0.2, 0.25) is 5.15 Å².